The van der Waals surface area contributed by atoms with E-state index in [0.717, 1.165) is 32.5 Å². The summed E-state index contributed by atoms with van der Waals surface area (Å²) in [5, 5.41) is 3.32. The molecule has 1 fully saturated rings. The van der Waals surface area contributed by atoms with Crippen molar-refractivity contribution in [3.05, 3.63) is 0 Å². The Hall–Kier alpha value is -0.0800. The van der Waals surface area contributed by atoms with Gasteiger partial charge in [-0.3, -0.25) is 0 Å². The Bertz CT molecular complexity index is 67.3. The van der Waals surface area contributed by atoms with Gasteiger partial charge < -0.3 is 10.1 Å². The van der Waals surface area contributed by atoms with Gasteiger partial charge in [0.2, 0.25) is 0 Å². The molecule has 0 aromatic carbocycles. The van der Waals surface area contributed by atoms with Gasteiger partial charge in [0.15, 0.2) is 0 Å². The maximum atomic E-state index is 5.49. The highest BCUT2D eigenvalue weighted by molar-refractivity contribution is 4.62. The summed E-state index contributed by atoms with van der Waals surface area (Å²) in [7, 11) is 0. The first-order chi connectivity index (χ1) is 4.43. The van der Waals surface area contributed by atoms with E-state index in [9.17, 15) is 0 Å². The molecule has 1 aliphatic heterocycles. The first-order valence-electron chi connectivity index (χ1n) is 3.76. The van der Waals surface area contributed by atoms with Gasteiger partial charge in [-0.2, -0.15) is 0 Å². The smallest absolute Gasteiger partial charge is 0.0696 e. The predicted molar refractivity (Wildman–Crippen MR) is 37.5 cm³/mol. The Kier molecular flexibility index (Phi) is 3.01. The Morgan fingerprint density at radius 3 is 3.33 bits per heavy atom. The van der Waals surface area contributed by atoms with Gasteiger partial charge in [-0.1, -0.05) is 6.92 Å². The van der Waals surface area contributed by atoms with Crippen molar-refractivity contribution in [3.63, 3.8) is 0 Å². The van der Waals surface area contributed by atoms with Gasteiger partial charge in [0, 0.05) is 13.2 Å². The molecule has 0 spiro atoms. The lowest BCUT2D eigenvalue weighted by Gasteiger charge is -2.10. The number of rotatable bonds is 1. The molecule has 1 N–H and O–H groups in total. The summed E-state index contributed by atoms with van der Waals surface area (Å²) in [6, 6.07) is 0. The van der Waals surface area contributed by atoms with Crippen molar-refractivity contribution < 1.29 is 4.74 Å². The van der Waals surface area contributed by atoms with Crippen LogP contribution >= 0.6 is 0 Å². The molecule has 0 unspecified atom stereocenters. The van der Waals surface area contributed by atoms with Crippen LogP contribution < -0.4 is 5.32 Å². The zero-order valence-corrected chi connectivity index (χ0v) is 6.02. The van der Waals surface area contributed by atoms with E-state index in [2.05, 4.69) is 12.2 Å². The predicted octanol–water partition coefficient (Wildman–Crippen LogP) is 0.775. The van der Waals surface area contributed by atoms with Crippen LogP contribution in [0.25, 0.3) is 0 Å². The van der Waals surface area contributed by atoms with Gasteiger partial charge in [-0.25, -0.2) is 0 Å². The minimum Gasteiger partial charge on any atom is -0.377 e. The third kappa shape index (κ3) is 2.33. The van der Waals surface area contributed by atoms with Crippen LogP contribution in [0.3, 0.4) is 0 Å². The molecule has 1 saturated heterocycles. The first kappa shape index (κ1) is 7.03. The van der Waals surface area contributed by atoms with Gasteiger partial charge in [0.05, 0.1) is 6.10 Å². The molecule has 0 amide bonds. The highest BCUT2D eigenvalue weighted by atomic mass is 16.5. The van der Waals surface area contributed by atoms with Crippen LogP contribution in [0.4, 0.5) is 0 Å². The van der Waals surface area contributed by atoms with E-state index in [4.69, 9.17) is 4.74 Å². The Morgan fingerprint density at radius 2 is 2.56 bits per heavy atom. The summed E-state index contributed by atoms with van der Waals surface area (Å²) >= 11 is 0. The van der Waals surface area contributed by atoms with Crippen LogP contribution in [0.2, 0.25) is 0 Å². The second-order valence-electron chi connectivity index (χ2n) is 2.46. The first-order valence-corrected chi connectivity index (χ1v) is 3.76. The SMILES string of the molecule is CC[C@@H]1CNCCCO1. The van der Waals surface area contributed by atoms with Gasteiger partial charge in [0.25, 0.3) is 0 Å². The van der Waals surface area contributed by atoms with Gasteiger partial charge in [0.1, 0.15) is 0 Å². The normalized spacial score (nSPS) is 29.7. The van der Waals surface area contributed by atoms with Crippen LogP contribution in [0.15, 0.2) is 0 Å². The summed E-state index contributed by atoms with van der Waals surface area (Å²) in [6.07, 6.45) is 2.76. The minimum atomic E-state index is 0.465. The van der Waals surface area contributed by atoms with Gasteiger partial charge >= 0.3 is 0 Å². The van der Waals surface area contributed by atoms with E-state index in [0.29, 0.717) is 6.10 Å². The fourth-order valence-corrected chi connectivity index (χ4v) is 1.03. The summed E-state index contributed by atoms with van der Waals surface area (Å²) in [4.78, 5) is 0. The zero-order chi connectivity index (χ0) is 6.53. The number of hydrogen-bond donors (Lipinski definition) is 1. The summed E-state index contributed by atoms with van der Waals surface area (Å²) < 4.78 is 5.49. The van der Waals surface area contributed by atoms with Crippen LogP contribution in [-0.2, 0) is 4.74 Å². The molecule has 2 heteroatoms. The molecule has 54 valence electrons. The van der Waals surface area contributed by atoms with E-state index >= 15 is 0 Å². The monoisotopic (exact) mass is 129 g/mol. The molecule has 0 radical (unpaired) electrons. The van der Waals surface area contributed by atoms with Crippen molar-refractivity contribution in [2.75, 3.05) is 19.7 Å². The third-order valence-electron chi connectivity index (χ3n) is 1.68. The van der Waals surface area contributed by atoms with Crippen molar-refractivity contribution in [3.8, 4) is 0 Å². The lowest BCUT2D eigenvalue weighted by atomic mass is 10.3. The maximum Gasteiger partial charge on any atom is 0.0696 e. The molecular weight excluding hydrogens is 114 g/mol. The average molecular weight is 129 g/mol. The molecule has 9 heavy (non-hydrogen) atoms. The van der Waals surface area contributed by atoms with Crippen LogP contribution in [0.1, 0.15) is 19.8 Å². The molecular formula is C7H15NO. The molecule has 0 aliphatic carbocycles. The molecule has 2 nitrogen and oxygen atoms in total. The Balaban J connectivity index is 2.18. The quantitative estimate of drug-likeness (QED) is 0.564. The van der Waals surface area contributed by atoms with E-state index in [1.54, 1.807) is 0 Å². The summed E-state index contributed by atoms with van der Waals surface area (Å²) in [5.41, 5.74) is 0. The molecule has 1 aliphatic rings. The largest absolute Gasteiger partial charge is 0.377 e. The molecule has 1 rings (SSSR count). The Morgan fingerprint density at radius 1 is 1.67 bits per heavy atom. The van der Waals surface area contributed by atoms with Gasteiger partial charge in [-0.05, 0) is 19.4 Å². The fourth-order valence-electron chi connectivity index (χ4n) is 1.03. The van der Waals surface area contributed by atoms with E-state index in [1.807, 2.05) is 0 Å². The highest BCUT2D eigenvalue weighted by Crippen LogP contribution is 2.00. The molecule has 0 aromatic heterocycles. The molecule has 0 saturated carbocycles. The maximum absolute atomic E-state index is 5.49. The van der Waals surface area contributed by atoms with Crippen molar-refractivity contribution >= 4 is 0 Å². The number of nitrogens with one attached hydrogen (secondary N) is 1. The van der Waals surface area contributed by atoms with Crippen molar-refractivity contribution in [2.24, 2.45) is 0 Å². The third-order valence-corrected chi connectivity index (χ3v) is 1.68. The van der Waals surface area contributed by atoms with E-state index in [1.165, 1.54) is 0 Å². The fraction of sp³-hybridized carbons (Fsp3) is 1.00. The van der Waals surface area contributed by atoms with Crippen LogP contribution in [0, 0.1) is 0 Å². The van der Waals surface area contributed by atoms with Crippen molar-refractivity contribution in [1.29, 1.82) is 0 Å². The minimum absolute atomic E-state index is 0.465. The second-order valence-corrected chi connectivity index (χ2v) is 2.46. The molecule has 0 aromatic rings. The highest BCUT2D eigenvalue weighted by Gasteiger charge is 2.07. The molecule has 0 bridgehead atoms. The average Bonchev–Trinajstić information content (AvgIpc) is 2.13. The number of hydrogen-bond acceptors (Lipinski definition) is 2. The van der Waals surface area contributed by atoms with Crippen LogP contribution in [0.5, 0.6) is 0 Å². The second kappa shape index (κ2) is 3.85. The van der Waals surface area contributed by atoms with Gasteiger partial charge in [-0.15, -0.1) is 0 Å². The lowest BCUT2D eigenvalue weighted by molar-refractivity contribution is 0.0647. The summed E-state index contributed by atoms with van der Waals surface area (Å²) in [6.45, 7) is 5.26. The van der Waals surface area contributed by atoms with E-state index < -0.39 is 0 Å². The lowest BCUT2D eigenvalue weighted by Crippen LogP contribution is -2.25. The van der Waals surface area contributed by atoms with Crippen LogP contribution in [-0.4, -0.2) is 25.8 Å². The van der Waals surface area contributed by atoms with E-state index in [-0.39, 0.29) is 0 Å². The van der Waals surface area contributed by atoms with Crippen molar-refractivity contribution in [1.82, 2.24) is 5.32 Å². The zero-order valence-electron chi connectivity index (χ0n) is 6.02. The summed E-state index contributed by atoms with van der Waals surface area (Å²) in [5.74, 6) is 0. The van der Waals surface area contributed by atoms with Crippen molar-refractivity contribution in [2.45, 2.75) is 25.9 Å². The molecule has 1 heterocycles. The molecule has 1 atom stereocenters. The topological polar surface area (TPSA) is 21.3 Å². The Labute approximate surface area is 56.6 Å². The standard InChI is InChI=1S/C7H15NO/c1-2-7-6-8-4-3-5-9-7/h7-8H,2-6H2,1H3/t7-/m1/s1. The number of ether oxygens (including phenoxy) is 1.